The van der Waals surface area contributed by atoms with Gasteiger partial charge >= 0.3 is 0 Å². The van der Waals surface area contributed by atoms with Crippen molar-refractivity contribution in [3.05, 3.63) is 17.5 Å². The van der Waals surface area contributed by atoms with E-state index >= 15 is 0 Å². The van der Waals surface area contributed by atoms with Gasteiger partial charge in [0.1, 0.15) is 5.78 Å². The number of thiophene rings is 1. The van der Waals surface area contributed by atoms with Gasteiger partial charge in [0.2, 0.25) is 0 Å². The van der Waals surface area contributed by atoms with Gasteiger partial charge in [0.05, 0.1) is 10.3 Å². The molecule has 0 amide bonds. The normalized spacial score (nSPS) is 12.7. The first-order valence-corrected chi connectivity index (χ1v) is 6.27. The summed E-state index contributed by atoms with van der Waals surface area (Å²) in [5.41, 5.74) is 0. The Kier molecular flexibility index (Phi) is 5.22. The van der Waals surface area contributed by atoms with Gasteiger partial charge in [-0.1, -0.05) is 6.07 Å². The zero-order valence-corrected chi connectivity index (χ0v) is 9.99. The second kappa shape index (κ2) is 6.22. The van der Waals surface area contributed by atoms with E-state index in [1.165, 1.54) is 4.21 Å². The third-order valence-corrected chi connectivity index (χ3v) is 4.02. The number of thioether (sulfide) groups is 1. The Hall–Kier alpha value is -0.320. The van der Waals surface area contributed by atoms with Crippen molar-refractivity contribution in [3.63, 3.8) is 0 Å². The van der Waals surface area contributed by atoms with Gasteiger partial charge < -0.3 is 4.74 Å². The Morgan fingerprint density at radius 3 is 3.00 bits per heavy atom. The molecule has 1 atom stereocenters. The molecule has 0 aromatic carbocycles. The Labute approximate surface area is 92.7 Å². The summed E-state index contributed by atoms with van der Waals surface area (Å²) in [4.78, 5) is 10.9. The van der Waals surface area contributed by atoms with E-state index in [0.29, 0.717) is 6.42 Å². The third-order valence-electron chi connectivity index (χ3n) is 1.76. The fraction of sp³-hybridized carbons (Fsp3) is 0.500. The van der Waals surface area contributed by atoms with Crippen molar-refractivity contribution in [2.24, 2.45) is 0 Å². The highest BCUT2D eigenvalue weighted by atomic mass is 32.2. The minimum absolute atomic E-state index is 0.0413. The monoisotopic (exact) mass is 230 g/mol. The van der Waals surface area contributed by atoms with E-state index in [4.69, 9.17) is 4.74 Å². The molecule has 2 nitrogen and oxygen atoms in total. The third kappa shape index (κ3) is 4.26. The average molecular weight is 230 g/mol. The maximum absolute atomic E-state index is 10.9. The van der Waals surface area contributed by atoms with Crippen molar-refractivity contribution in [1.29, 1.82) is 0 Å². The summed E-state index contributed by atoms with van der Waals surface area (Å²) in [7, 11) is 1.66. The lowest BCUT2D eigenvalue weighted by Crippen LogP contribution is -2.17. The predicted octanol–water partition coefficient (Wildman–Crippen LogP) is 2.83. The standard InChI is InChI=1S/C10H14O2S2/c1-8(11)6-9(12-2)7-14-10-4-3-5-13-10/h3-5,9H,6-7H2,1-2H3. The molecule has 0 radical (unpaired) electrons. The highest BCUT2D eigenvalue weighted by Crippen LogP contribution is 2.25. The van der Waals surface area contributed by atoms with E-state index < -0.39 is 0 Å². The lowest BCUT2D eigenvalue weighted by Gasteiger charge is -2.11. The van der Waals surface area contributed by atoms with Crippen LogP contribution in [-0.2, 0) is 9.53 Å². The van der Waals surface area contributed by atoms with E-state index in [-0.39, 0.29) is 11.9 Å². The predicted molar refractivity (Wildman–Crippen MR) is 61.1 cm³/mol. The number of ketones is 1. The largest absolute Gasteiger partial charge is 0.380 e. The van der Waals surface area contributed by atoms with Crippen LogP contribution in [0.1, 0.15) is 13.3 Å². The molecule has 1 aromatic rings. The van der Waals surface area contributed by atoms with Gasteiger partial charge in [0, 0.05) is 19.3 Å². The zero-order valence-electron chi connectivity index (χ0n) is 8.36. The second-order valence-electron chi connectivity index (χ2n) is 3.01. The molecule has 78 valence electrons. The van der Waals surface area contributed by atoms with Crippen molar-refractivity contribution < 1.29 is 9.53 Å². The minimum Gasteiger partial charge on any atom is -0.380 e. The van der Waals surface area contributed by atoms with Crippen molar-refractivity contribution in [3.8, 4) is 0 Å². The fourth-order valence-electron chi connectivity index (χ4n) is 1.05. The van der Waals surface area contributed by atoms with Gasteiger partial charge in [-0.15, -0.1) is 23.1 Å². The smallest absolute Gasteiger partial charge is 0.132 e. The van der Waals surface area contributed by atoms with Gasteiger partial charge in [-0.3, -0.25) is 4.79 Å². The van der Waals surface area contributed by atoms with Crippen molar-refractivity contribution in [1.82, 2.24) is 0 Å². The summed E-state index contributed by atoms with van der Waals surface area (Å²) in [5.74, 6) is 1.03. The molecule has 1 aromatic heterocycles. The van der Waals surface area contributed by atoms with Crippen LogP contribution in [0.4, 0.5) is 0 Å². The lowest BCUT2D eigenvalue weighted by atomic mass is 10.2. The summed E-state index contributed by atoms with van der Waals surface area (Å²) < 4.78 is 6.50. The van der Waals surface area contributed by atoms with Crippen LogP contribution in [0, 0.1) is 0 Å². The summed E-state index contributed by atoms with van der Waals surface area (Å²) in [5, 5.41) is 2.05. The van der Waals surface area contributed by atoms with Crippen LogP contribution in [0.2, 0.25) is 0 Å². The first-order valence-electron chi connectivity index (χ1n) is 4.41. The summed E-state index contributed by atoms with van der Waals surface area (Å²) >= 11 is 3.46. The van der Waals surface area contributed by atoms with Crippen LogP contribution in [-0.4, -0.2) is 24.7 Å². The van der Waals surface area contributed by atoms with E-state index in [1.807, 2.05) is 6.07 Å². The number of carbonyl (C=O) groups is 1. The maximum Gasteiger partial charge on any atom is 0.132 e. The first-order chi connectivity index (χ1) is 6.72. The number of hydrogen-bond acceptors (Lipinski definition) is 4. The molecule has 1 unspecified atom stereocenters. The van der Waals surface area contributed by atoms with Gasteiger partial charge in [-0.25, -0.2) is 0 Å². The first kappa shape index (κ1) is 11.8. The second-order valence-corrected chi connectivity index (χ2v) is 5.27. The number of carbonyl (C=O) groups excluding carboxylic acids is 1. The Morgan fingerprint density at radius 2 is 2.50 bits per heavy atom. The van der Waals surface area contributed by atoms with Crippen LogP contribution in [0.15, 0.2) is 21.7 Å². The molecule has 0 fully saturated rings. The van der Waals surface area contributed by atoms with Crippen LogP contribution < -0.4 is 0 Å². The molecular weight excluding hydrogens is 216 g/mol. The van der Waals surface area contributed by atoms with E-state index in [0.717, 1.165) is 5.75 Å². The molecule has 0 saturated heterocycles. The summed E-state index contributed by atoms with van der Waals surface area (Å²) in [6.45, 7) is 1.60. The molecule has 0 aliphatic heterocycles. The van der Waals surface area contributed by atoms with Gasteiger partial charge in [-0.05, 0) is 18.4 Å². The highest BCUT2D eigenvalue weighted by Gasteiger charge is 2.10. The summed E-state index contributed by atoms with van der Waals surface area (Å²) in [6.07, 6.45) is 0.550. The number of ether oxygens (including phenoxy) is 1. The van der Waals surface area contributed by atoms with Gasteiger partial charge in [0.15, 0.2) is 0 Å². The Bertz CT molecular complexity index is 270. The molecule has 1 heterocycles. The summed E-state index contributed by atoms with van der Waals surface area (Å²) in [6, 6.07) is 4.11. The number of rotatable bonds is 6. The molecular formula is C10H14O2S2. The molecule has 0 aliphatic rings. The van der Waals surface area contributed by atoms with E-state index in [2.05, 4.69) is 11.4 Å². The molecule has 0 N–H and O–H groups in total. The van der Waals surface area contributed by atoms with Crippen molar-refractivity contribution >= 4 is 28.9 Å². The quantitative estimate of drug-likeness (QED) is 0.703. The van der Waals surface area contributed by atoms with E-state index in [9.17, 15) is 4.79 Å². The molecule has 1 rings (SSSR count). The van der Waals surface area contributed by atoms with Gasteiger partial charge in [-0.2, -0.15) is 0 Å². The fourth-order valence-corrected chi connectivity index (χ4v) is 2.92. The number of hydrogen-bond donors (Lipinski definition) is 0. The van der Waals surface area contributed by atoms with Crippen molar-refractivity contribution in [2.75, 3.05) is 12.9 Å². The van der Waals surface area contributed by atoms with Crippen LogP contribution in [0.5, 0.6) is 0 Å². The maximum atomic E-state index is 10.9. The lowest BCUT2D eigenvalue weighted by molar-refractivity contribution is -0.119. The van der Waals surface area contributed by atoms with Gasteiger partial charge in [0.25, 0.3) is 0 Å². The van der Waals surface area contributed by atoms with E-state index in [1.54, 1.807) is 37.1 Å². The zero-order chi connectivity index (χ0) is 10.4. The molecule has 0 saturated carbocycles. The highest BCUT2D eigenvalue weighted by molar-refractivity contribution is 8.01. The van der Waals surface area contributed by atoms with Crippen LogP contribution >= 0.6 is 23.1 Å². The number of methoxy groups -OCH3 is 1. The minimum atomic E-state index is 0.0413. The Balaban J connectivity index is 2.30. The molecule has 0 bridgehead atoms. The van der Waals surface area contributed by atoms with Crippen LogP contribution in [0.25, 0.3) is 0 Å². The Morgan fingerprint density at radius 1 is 1.71 bits per heavy atom. The topological polar surface area (TPSA) is 26.3 Å². The molecule has 14 heavy (non-hydrogen) atoms. The SMILES string of the molecule is COC(CSc1cccs1)CC(C)=O. The van der Waals surface area contributed by atoms with Crippen molar-refractivity contribution in [2.45, 2.75) is 23.7 Å². The molecule has 0 aliphatic carbocycles. The molecule has 0 spiro atoms. The average Bonchev–Trinajstić information content (AvgIpc) is 2.64. The number of Topliss-reactive ketones (excluding diaryl/α,β-unsaturated/α-hetero) is 1. The molecule has 4 heteroatoms. The van der Waals surface area contributed by atoms with Crippen LogP contribution in [0.3, 0.4) is 0 Å².